The lowest BCUT2D eigenvalue weighted by molar-refractivity contribution is 0.0922. The van der Waals surface area contributed by atoms with Crippen LogP contribution in [0, 0.1) is 6.92 Å². The summed E-state index contributed by atoms with van der Waals surface area (Å²) in [6.45, 7) is 3.78. The molecule has 2 N–H and O–H groups in total. The highest BCUT2D eigenvalue weighted by Gasteiger charge is 2.27. The lowest BCUT2D eigenvalue weighted by Gasteiger charge is -2.11. The van der Waals surface area contributed by atoms with Crippen molar-refractivity contribution in [1.82, 2.24) is 9.97 Å². The zero-order valence-corrected chi connectivity index (χ0v) is 11.9. The van der Waals surface area contributed by atoms with Crippen molar-refractivity contribution in [3.63, 3.8) is 0 Å². The summed E-state index contributed by atoms with van der Waals surface area (Å²) >= 11 is 6.13. The molecule has 1 aliphatic carbocycles. The van der Waals surface area contributed by atoms with E-state index < -0.39 is 0 Å². The number of nitrogens with one attached hydrogen (secondary N) is 1. The Hall–Kier alpha value is -0.910. The molecule has 1 heterocycles. The van der Waals surface area contributed by atoms with Crippen molar-refractivity contribution in [1.29, 1.82) is 0 Å². The maximum absolute atomic E-state index is 8.58. The van der Waals surface area contributed by atoms with Gasteiger partial charge in [0.2, 0.25) is 0 Å². The van der Waals surface area contributed by atoms with Crippen molar-refractivity contribution in [2.24, 2.45) is 0 Å². The van der Waals surface area contributed by atoms with E-state index in [4.69, 9.17) is 21.4 Å². The number of rotatable bonds is 8. The SMILES string of the molecule is Cc1c(Cl)nc(C2CC2)nc1NCCCOCCO. The fraction of sp³-hybridized carbons (Fsp3) is 0.692. The number of hydrogen-bond donors (Lipinski definition) is 2. The first-order valence-corrected chi connectivity index (χ1v) is 7.06. The molecule has 0 amide bonds. The first-order chi connectivity index (χ1) is 9.22. The summed E-state index contributed by atoms with van der Waals surface area (Å²) < 4.78 is 5.20. The second-order valence-electron chi connectivity index (χ2n) is 4.74. The molecule has 1 fully saturated rings. The van der Waals surface area contributed by atoms with E-state index in [0.717, 1.165) is 43.0 Å². The molecule has 6 heteroatoms. The average Bonchev–Trinajstić information content (AvgIpc) is 3.22. The Kier molecular flexibility index (Phi) is 5.36. The van der Waals surface area contributed by atoms with Crippen LogP contribution in [0.5, 0.6) is 0 Å². The minimum absolute atomic E-state index is 0.0683. The monoisotopic (exact) mass is 285 g/mol. The van der Waals surface area contributed by atoms with E-state index in [0.29, 0.717) is 24.3 Å². The van der Waals surface area contributed by atoms with Crippen LogP contribution in [0.15, 0.2) is 0 Å². The van der Waals surface area contributed by atoms with Gasteiger partial charge in [-0.2, -0.15) is 0 Å². The molecule has 1 aromatic rings. The number of aliphatic hydroxyl groups is 1. The highest BCUT2D eigenvalue weighted by molar-refractivity contribution is 6.30. The van der Waals surface area contributed by atoms with Crippen LogP contribution in [0.3, 0.4) is 0 Å². The van der Waals surface area contributed by atoms with E-state index in [-0.39, 0.29) is 6.61 Å². The largest absolute Gasteiger partial charge is 0.394 e. The van der Waals surface area contributed by atoms with Crippen molar-refractivity contribution in [3.8, 4) is 0 Å². The normalized spacial score (nSPS) is 14.7. The third kappa shape index (κ3) is 4.30. The molecule has 0 bridgehead atoms. The fourth-order valence-corrected chi connectivity index (χ4v) is 1.93. The molecular weight excluding hydrogens is 266 g/mol. The van der Waals surface area contributed by atoms with Crippen LogP contribution < -0.4 is 5.32 Å². The number of aliphatic hydroxyl groups excluding tert-OH is 1. The second-order valence-corrected chi connectivity index (χ2v) is 5.09. The molecule has 0 radical (unpaired) electrons. The second kappa shape index (κ2) is 7.03. The zero-order valence-electron chi connectivity index (χ0n) is 11.2. The van der Waals surface area contributed by atoms with Crippen LogP contribution in [0.1, 0.15) is 36.6 Å². The van der Waals surface area contributed by atoms with Crippen LogP contribution in [-0.4, -0.2) is 41.4 Å². The standard InChI is InChI=1S/C13H20ClN3O2/c1-9-11(14)16-13(10-3-4-10)17-12(9)15-5-2-7-19-8-6-18/h10,18H,2-8H2,1H3,(H,15,16,17). The molecule has 0 aliphatic heterocycles. The number of aromatic nitrogens is 2. The van der Waals surface area contributed by atoms with Gasteiger partial charge in [0.25, 0.3) is 0 Å². The predicted molar refractivity (Wildman–Crippen MR) is 74.8 cm³/mol. The highest BCUT2D eigenvalue weighted by Crippen LogP contribution is 2.39. The van der Waals surface area contributed by atoms with Gasteiger partial charge >= 0.3 is 0 Å². The Labute approximate surface area is 118 Å². The summed E-state index contributed by atoms with van der Waals surface area (Å²) in [5.74, 6) is 2.17. The van der Waals surface area contributed by atoms with Crippen molar-refractivity contribution in [3.05, 3.63) is 16.5 Å². The zero-order chi connectivity index (χ0) is 13.7. The molecule has 0 atom stereocenters. The molecule has 5 nitrogen and oxygen atoms in total. The summed E-state index contributed by atoms with van der Waals surface area (Å²) in [6.07, 6.45) is 3.18. The van der Waals surface area contributed by atoms with Crippen LogP contribution in [-0.2, 0) is 4.74 Å². The van der Waals surface area contributed by atoms with Gasteiger partial charge in [-0.15, -0.1) is 0 Å². The highest BCUT2D eigenvalue weighted by atomic mass is 35.5. The van der Waals surface area contributed by atoms with Gasteiger partial charge in [0.1, 0.15) is 16.8 Å². The van der Waals surface area contributed by atoms with E-state index in [1.54, 1.807) is 0 Å². The first kappa shape index (κ1) is 14.5. The fourth-order valence-electron chi connectivity index (χ4n) is 1.75. The number of hydrogen-bond acceptors (Lipinski definition) is 5. The van der Waals surface area contributed by atoms with Gasteiger partial charge < -0.3 is 15.2 Å². The lowest BCUT2D eigenvalue weighted by atomic mass is 10.3. The van der Waals surface area contributed by atoms with E-state index in [1.165, 1.54) is 0 Å². The number of halogens is 1. The predicted octanol–water partition coefficient (Wildman–Crippen LogP) is 2.13. The molecule has 106 valence electrons. The van der Waals surface area contributed by atoms with Crippen LogP contribution >= 0.6 is 11.6 Å². The quantitative estimate of drug-likeness (QED) is 0.566. The summed E-state index contributed by atoms with van der Waals surface area (Å²) in [5.41, 5.74) is 0.891. The minimum Gasteiger partial charge on any atom is -0.394 e. The van der Waals surface area contributed by atoms with E-state index >= 15 is 0 Å². The molecule has 1 aliphatic rings. The maximum Gasteiger partial charge on any atom is 0.137 e. The Bertz CT molecular complexity index is 425. The first-order valence-electron chi connectivity index (χ1n) is 6.69. The minimum atomic E-state index is 0.0683. The molecule has 1 saturated carbocycles. The van der Waals surface area contributed by atoms with Gasteiger partial charge in [-0.1, -0.05) is 11.6 Å². The maximum atomic E-state index is 8.58. The molecular formula is C13H20ClN3O2. The number of anilines is 1. The lowest BCUT2D eigenvalue weighted by Crippen LogP contribution is -2.11. The third-order valence-electron chi connectivity index (χ3n) is 3.04. The summed E-state index contributed by atoms with van der Waals surface area (Å²) in [4.78, 5) is 8.87. The molecule has 0 unspecified atom stereocenters. The van der Waals surface area contributed by atoms with E-state index in [9.17, 15) is 0 Å². The summed E-state index contributed by atoms with van der Waals surface area (Å²) in [5, 5.41) is 12.4. The molecule has 0 aromatic carbocycles. The smallest absolute Gasteiger partial charge is 0.137 e. The van der Waals surface area contributed by atoms with E-state index in [2.05, 4.69) is 15.3 Å². The van der Waals surface area contributed by atoms with Crippen LogP contribution in [0.4, 0.5) is 5.82 Å². The molecule has 0 spiro atoms. The van der Waals surface area contributed by atoms with Gasteiger partial charge in [0.05, 0.1) is 13.2 Å². The van der Waals surface area contributed by atoms with Gasteiger partial charge in [0.15, 0.2) is 0 Å². The Morgan fingerprint density at radius 3 is 2.84 bits per heavy atom. The number of ether oxygens (including phenoxy) is 1. The Balaban J connectivity index is 1.84. The van der Waals surface area contributed by atoms with Crippen molar-refractivity contribution >= 4 is 17.4 Å². The van der Waals surface area contributed by atoms with Crippen molar-refractivity contribution in [2.75, 3.05) is 31.7 Å². The van der Waals surface area contributed by atoms with Gasteiger partial charge in [-0.25, -0.2) is 9.97 Å². The molecule has 0 saturated heterocycles. The van der Waals surface area contributed by atoms with Crippen molar-refractivity contribution in [2.45, 2.75) is 32.1 Å². The topological polar surface area (TPSA) is 67.3 Å². The summed E-state index contributed by atoms with van der Waals surface area (Å²) in [7, 11) is 0. The van der Waals surface area contributed by atoms with Crippen molar-refractivity contribution < 1.29 is 9.84 Å². The summed E-state index contributed by atoms with van der Waals surface area (Å²) in [6, 6.07) is 0. The van der Waals surface area contributed by atoms with Crippen LogP contribution in [0.25, 0.3) is 0 Å². The Morgan fingerprint density at radius 2 is 2.16 bits per heavy atom. The van der Waals surface area contributed by atoms with Crippen LogP contribution in [0.2, 0.25) is 5.15 Å². The average molecular weight is 286 g/mol. The number of nitrogens with zero attached hydrogens (tertiary/aromatic N) is 2. The Morgan fingerprint density at radius 1 is 1.37 bits per heavy atom. The van der Waals surface area contributed by atoms with Gasteiger partial charge in [0, 0.05) is 24.6 Å². The molecule has 2 rings (SSSR count). The van der Waals surface area contributed by atoms with Gasteiger partial charge in [-0.3, -0.25) is 0 Å². The van der Waals surface area contributed by atoms with Gasteiger partial charge in [-0.05, 0) is 26.2 Å². The van der Waals surface area contributed by atoms with E-state index in [1.807, 2.05) is 6.92 Å². The molecule has 1 aromatic heterocycles. The molecule has 19 heavy (non-hydrogen) atoms. The third-order valence-corrected chi connectivity index (χ3v) is 3.41.